The lowest BCUT2D eigenvalue weighted by Crippen LogP contribution is -2.20. The fraction of sp³-hybridized carbons (Fsp3) is 0.333. The molecule has 0 radical (unpaired) electrons. The molecular formula is C15H20N4. The van der Waals surface area contributed by atoms with Crippen LogP contribution >= 0.6 is 0 Å². The maximum absolute atomic E-state index is 4.24. The lowest BCUT2D eigenvalue weighted by atomic mass is 10.0. The lowest BCUT2D eigenvalue weighted by Gasteiger charge is -2.21. The van der Waals surface area contributed by atoms with E-state index in [-0.39, 0.29) is 6.04 Å². The molecule has 0 aliphatic rings. The summed E-state index contributed by atoms with van der Waals surface area (Å²) < 4.78 is 0. The van der Waals surface area contributed by atoms with Crippen LogP contribution in [0, 0.1) is 0 Å². The van der Waals surface area contributed by atoms with E-state index in [0.29, 0.717) is 5.95 Å². The number of hydrogen-bond acceptors (Lipinski definition) is 4. The van der Waals surface area contributed by atoms with Crippen molar-refractivity contribution in [2.45, 2.75) is 12.5 Å². The Bertz CT molecular complexity index is 470. The fourth-order valence-corrected chi connectivity index (χ4v) is 1.92. The van der Waals surface area contributed by atoms with Gasteiger partial charge in [0.25, 0.3) is 0 Å². The first kappa shape index (κ1) is 13.5. The molecule has 0 spiro atoms. The smallest absolute Gasteiger partial charge is 0.223 e. The first-order valence-electron chi connectivity index (χ1n) is 6.49. The summed E-state index contributed by atoms with van der Waals surface area (Å²) in [6, 6.07) is 12.5. The topological polar surface area (TPSA) is 41.0 Å². The molecule has 19 heavy (non-hydrogen) atoms. The van der Waals surface area contributed by atoms with Crippen molar-refractivity contribution in [3.63, 3.8) is 0 Å². The van der Waals surface area contributed by atoms with Gasteiger partial charge in [-0.05, 0) is 38.7 Å². The Labute approximate surface area is 114 Å². The van der Waals surface area contributed by atoms with Crippen LogP contribution < -0.4 is 5.32 Å². The lowest BCUT2D eigenvalue weighted by molar-refractivity contribution is 0.387. The van der Waals surface area contributed by atoms with Gasteiger partial charge in [-0.25, -0.2) is 9.97 Å². The van der Waals surface area contributed by atoms with Crippen LogP contribution in [0.2, 0.25) is 0 Å². The predicted molar refractivity (Wildman–Crippen MR) is 78.0 cm³/mol. The number of rotatable bonds is 6. The molecule has 4 nitrogen and oxygen atoms in total. The molecule has 1 N–H and O–H groups in total. The largest absolute Gasteiger partial charge is 0.347 e. The van der Waals surface area contributed by atoms with Crippen LogP contribution in [0.5, 0.6) is 0 Å². The highest BCUT2D eigenvalue weighted by Crippen LogP contribution is 2.20. The van der Waals surface area contributed by atoms with E-state index in [1.54, 1.807) is 12.4 Å². The fourth-order valence-electron chi connectivity index (χ4n) is 1.92. The maximum atomic E-state index is 4.24. The van der Waals surface area contributed by atoms with Crippen molar-refractivity contribution in [3.8, 4) is 0 Å². The second kappa shape index (κ2) is 6.85. The number of nitrogens with one attached hydrogen (secondary N) is 1. The van der Waals surface area contributed by atoms with Crippen molar-refractivity contribution >= 4 is 5.95 Å². The molecule has 1 heterocycles. The number of hydrogen-bond donors (Lipinski definition) is 1. The minimum absolute atomic E-state index is 0.228. The van der Waals surface area contributed by atoms with Crippen molar-refractivity contribution in [2.75, 3.05) is 26.0 Å². The van der Waals surface area contributed by atoms with E-state index in [4.69, 9.17) is 0 Å². The van der Waals surface area contributed by atoms with E-state index < -0.39 is 0 Å². The van der Waals surface area contributed by atoms with Gasteiger partial charge in [-0.15, -0.1) is 0 Å². The highest BCUT2D eigenvalue weighted by atomic mass is 15.1. The normalized spacial score (nSPS) is 12.4. The quantitative estimate of drug-likeness (QED) is 0.862. The molecule has 4 heteroatoms. The summed E-state index contributed by atoms with van der Waals surface area (Å²) in [6.45, 7) is 1.01. The Morgan fingerprint density at radius 3 is 2.37 bits per heavy atom. The van der Waals surface area contributed by atoms with E-state index in [1.807, 2.05) is 12.1 Å². The Hall–Kier alpha value is -1.94. The Morgan fingerprint density at radius 1 is 1.05 bits per heavy atom. The van der Waals surface area contributed by atoms with Crippen LogP contribution in [0.4, 0.5) is 5.95 Å². The summed E-state index contributed by atoms with van der Waals surface area (Å²) >= 11 is 0. The standard InChI is InChI=1S/C15H20N4/c1-19(2)12-9-14(13-7-4-3-5-8-13)18-15-16-10-6-11-17-15/h3-8,10-11,14H,9,12H2,1-2H3,(H,16,17,18). The predicted octanol–water partition coefficient (Wildman–Crippen LogP) is 2.58. The Balaban J connectivity index is 2.10. The van der Waals surface area contributed by atoms with Gasteiger partial charge < -0.3 is 10.2 Å². The molecular weight excluding hydrogens is 236 g/mol. The van der Waals surface area contributed by atoms with Crippen molar-refractivity contribution in [2.24, 2.45) is 0 Å². The summed E-state index contributed by atoms with van der Waals surface area (Å²) in [5, 5.41) is 3.40. The summed E-state index contributed by atoms with van der Waals surface area (Å²) in [6.07, 6.45) is 4.52. The maximum Gasteiger partial charge on any atom is 0.223 e. The minimum Gasteiger partial charge on any atom is -0.347 e. The molecule has 100 valence electrons. The molecule has 0 fully saturated rings. The van der Waals surface area contributed by atoms with Gasteiger partial charge in [-0.2, -0.15) is 0 Å². The van der Waals surface area contributed by atoms with Gasteiger partial charge in [0, 0.05) is 12.4 Å². The molecule has 2 rings (SSSR count). The molecule has 0 bridgehead atoms. The van der Waals surface area contributed by atoms with Gasteiger partial charge in [0.2, 0.25) is 5.95 Å². The van der Waals surface area contributed by atoms with Crippen molar-refractivity contribution < 1.29 is 0 Å². The van der Waals surface area contributed by atoms with Gasteiger partial charge in [-0.3, -0.25) is 0 Å². The zero-order valence-electron chi connectivity index (χ0n) is 11.5. The summed E-state index contributed by atoms with van der Waals surface area (Å²) in [7, 11) is 4.17. The third-order valence-corrected chi connectivity index (χ3v) is 2.94. The first-order valence-corrected chi connectivity index (χ1v) is 6.49. The second-order valence-electron chi connectivity index (χ2n) is 4.77. The molecule has 2 aromatic rings. The summed E-state index contributed by atoms with van der Waals surface area (Å²) in [4.78, 5) is 10.7. The third-order valence-electron chi connectivity index (χ3n) is 2.94. The van der Waals surface area contributed by atoms with Gasteiger partial charge in [0.15, 0.2) is 0 Å². The van der Waals surface area contributed by atoms with E-state index in [9.17, 15) is 0 Å². The minimum atomic E-state index is 0.228. The molecule has 1 aromatic carbocycles. The number of anilines is 1. The van der Waals surface area contributed by atoms with Crippen LogP contribution in [0.3, 0.4) is 0 Å². The zero-order chi connectivity index (χ0) is 13.5. The average Bonchev–Trinajstić information content (AvgIpc) is 2.45. The van der Waals surface area contributed by atoms with E-state index in [2.05, 4.69) is 58.5 Å². The third kappa shape index (κ3) is 4.34. The molecule has 0 aliphatic heterocycles. The SMILES string of the molecule is CN(C)CCC(Nc1ncccn1)c1ccccc1. The molecule has 0 aliphatic carbocycles. The monoisotopic (exact) mass is 256 g/mol. The van der Waals surface area contributed by atoms with Gasteiger partial charge in [0.05, 0.1) is 6.04 Å². The van der Waals surface area contributed by atoms with E-state index in [0.717, 1.165) is 13.0 Å². The van der Waals surface area contributed by atoms with Crippen LogP contribution in [-0.2, 0) is 0 Å². The van der Waals surface area contributed by atoms with Gasteiger partial charge in [0.1, 0.15) is 0 Å². The van der Waals surface area contributed by atoms with Gasteiger partial charge in [-0.1, -0.05) is 30.3 Å². The van der Waals surface area contributed by atoms with Gasteiger partial charge >= 0.3 is 0 Å². The highest BCUT2D eigenvalue weighted by molar-refractivity contribution is 5.31. The average molecular weight is 256 g/mol. The van der Waals surface area contributed by atoms with E-state index >= 15 is 0 Å². The Kier molecular flexibility index (Phi) is 4.86. The summed E-state index contributed by atoms with van der Waals surface area (Å²) in [5.74, 6) is 0.676. The van der Waals surface area contributed by atoms with Crippen LogP contribution in [-0.4, -0.2) is 35.5 Å². The van der Waals surface area contributed by atoms with E-state index in [1.165, 1.54) is 5.56 Å². The Morgan fingerprint density at radius 2 is 1.74 bits per heavy atom. The second-order valence-corrected chi connectivity index (χ2v) is 4.77. The summed E-state index contributed by atoms with van der Waals surface area (Å²) in [5.41, 5.74) is 1.26. The molecule has 0 amide bonds. The molecule has 0 saturated heterocycles. The van der Waals surface area contributed by atoms with Crippen molar-refractivity contribution in [3.05, 3.63) is 54.4 Å². The van der Waals surface area contributed by atoms with Crippen LogP contribution in [0.15, 0.2) is 48.8 Å². The van der Waals surface area contributed by atoms with Crippen LogP contribution in [0.1, 0.15) is 18.0 Å². The molecule has 0 saturated carbocycles. The zero-order valence-corrected chi connectivity index (χ0v) is 11.5. The number of aromatic nitrogens is 2. The van der Waals surface area contributed by atoms with Crippen LogP contribution in [0.25, 0.3) is 0 Å². The molecule has 1 unspecified atom stereocenters. The number of benzene rings is 1. The number of nitrogens with zero attached hydrogens (tertiary/aromatic N) is 3. The highest BCUT2D eigenvalue weighted by Gasteiger charge is 2.12. The van der Waals surface area contributed by atoms with Crippen molar-refractivity contribution in [1.29, 1.82) is 0 Å². The molecule has 1 aromatic heterocycles. The first-order chi connectivity index (χ1) is 9.25. The van der Waals surface area contributed by atoms with Crippen molar-refractivity contribution in [1.82, 2.24) is 14.9 Å². The molecule has 1 atom stereocenters.